The van der Waals surface area contributed by atoms with E-state index in [2.05, 4.69) is 11.5 Å². The Balaban J connectivity index is 0. The summed E-state index contributed by atoms with van der Waals surface area (Å²) in [6.45, 7) is 0. The molecule has 8 heteroatoms. The van der Waals surface area contributed by atoms with Gasteiger partial charge < -0.3 is 11.5 Å². The van der Waals surface area contributed by atoms with Gasteiger partial charge in [-0.1, -0.05) is 0 Å². The molecule has 0 unspecified atom stereocenters. The second-order valence-corrected chi connectivity index (χ2v) is 2.08. The highest BCUT2D eigenvalue weighted by atomic mass is 35.5. The fraction of sp³-hybridized carbons (Fsp3) is 0. The molecular weight excluding hydrogens is 247 g/mol. The van der Waals surface area contributed by atoms with Crippen LogP contribution < -0.4 is 11.5 Å². The molecule has 0 saturated carbocycles. The molecule has 4 N–H and O–H groups in total. The lowest BCUT2D eigenvalue weighted by Gasteiger charge is -2.04. The Kier molecular flexibility index (Phi) is 5.69. The van der Waals surface area contributed by atoms with Crippen LogP contribution in [0.3, 0.4) is 0 Å². The summed E-state index contributed by atoms with van der Waals surface area (Å²) < 4.78 is 49.8. The Hall–Kier alpha value is -0.880. The molecule has 1 aromatic rings. The number of hydrogen-bond acceptors (Lipinski definition) is 2. The van der Waals surface area contributed by atoms with E-state index >= 15 is 0 Å². The minimum Gasteiger partial charge on any atom is -0.394 e. The molecule has 0 radical (unpaired) electrons. The standard InChI is InChI=1S/C6H4F4N2.2ClH/c7-1-2(8)6(12)4(10)3(9)5(1)11;;/h11-12H2;2*1H. The summed E-state index contributed by atoms with van der Waals surface area (Å²) in [5.41, 5.74) is 6.92. The molecule has 0 amide bonds. The van der Waals surface area contributed by atoms with Crippen molar-refractivity contribution >= 4 is 36.2 Å². The Morgan fingerprint density at radius 3 is 0.857 bits per heavy atom. The Bertz CT molecular complexity index is 240. The smallest absolute Gasteiger partial charge is 0.187 e. The van der Waals surface area contributed by atoms with Crippen LogP contribution in [0.1, 0.15) is 0 Å². The summed E-state index contributed by atoms with van der Waals surface area (Å²) in [5.74, 6) is -6.70. The van der Waals surface area contributed by atoms with Gasteiger partial charge in [0.2, 0.25) is 0 Å². The van der Waals surface area contributed by atoms with Crippen molar-refractivity contribution < 1.29 is 17.6 Å². The molecule has 1 aromatic carbocycles. The fourth-order valence-corrected chi connectivity index (χ4v) is 0.666. The predicted octanol–water partition coefficient (Wildman–Crippen LogP) is 2.25. The van der Waals surface area contributed by atoms with Crippen LogP contribution >= 0.6 is 24.8 Å². The van der Waals surface area contributed by atoms with Gasteiger partial charge in [-0.25, -0.2) is 17.6 Å². The first kappa shape index (κ1) is 15.6. The van der Waals surface area contributed by atoms with Gasteiger partial charge in [0, 0.05) is 0 Å². The molecular formula is C6H6Cl2F4N2. The first-order chi connectivity index (χ1) is 5.46. The summed E-state index contributed by atoms with van der Waals surface area (Å²) in [4.78, 5) is 0. The van der Waals surface area contributed by atoms with Crippen molar-refractivity contribution in [3.63, 3.8) is 0 Å². The zero-order valence-electron chi connectivity index (χ0n) is 6.48. The van der Waals surface area contributed by atoms with Crippen LogP contribution in [0.2, 0.25) is 0 Å². The van der Waals surface area contributed by atoms with Crippen molar-refractivity contribution in [2.45, 2.75) is 0 Å². The molecule has 0 bridgehead atoms. The van der Waals surface area contributed by atoms with E-state index in [0.29, 0.717) is 0 Å². The average Bonchev–Trinajstić information content (AvgIpc) is 2.08. The van der Waals surface area contributed by atoms with E-state index in [1.54, 1.807) is 0 Å². The molecule has 0 spiro atoms. The van der Waals surface area contributed by atoms with Crippen LogP contribution in [-0.2, 0) is 0 Å². The van der Waals surface area contributed by atoms with E-state index < -0.39 is 34.6 Å². The number of nitrogen functional groups attached to an aromatic ring is 2. The maximum atomic E-state index is 12.4. The summed E-state index contributed by atoms with van der Waals surface area (Å²) in [5, 5.41) is 0. The van der Waals surface area contributed by atoms with Gasteiger partial charge in [-0.15, -0.1) is 24.8 Å². The molecule has 82 valence electrons. The van der Waals surface area contributed by atoms with Gasteiger partial charge in [0.15, 0.2) is 23.3 Å². The molecule has 0 saturated heterocycles. The zero-order valence-corrected chi connectivity index (χ0v) is 8.12. The summed E-state index contributed by atoms with van der Waals surface area (Å²) >= 11 is 0. The molecule has 0 aliphatic rings. The van der Waals surface area contributed by atoms with E-state index in [0.717, 1.165) is 0 Å². The maximum absolute atomic E-state index is 12.4. The van der Waals surface area contributed by atoms with Crippen LogP contribution in [0.5, 0.6) is 0 Å². The number of halogens is 6. The lowest BCUT2D eigenvalue weighted by molar-refractivity contribution is 0.466. The SMILES string of the molecule is Cl.Cl.Nc1c(F)c(F)c(N)c(F)c1F. The highest BCUT2D eigenvalue weighted by molar-refractivity contribution is 5.85. The number of benzene rings is 1. The minimum atomic E-state index is -1.67. The normalized spacial score (nSPS) is 8.86. The average molecular weight is 253 g/mol. The van der Waals surface area contributed by atoms with Crippen molar-refractivity contribution in [1.29, 1.82) is 0 Å². The van der Waals surface area contributed by atoms with Gasteiger partial charge in [0.25, 0.3) is 0 Å². The summed E-state index contributed by atoms with van der Waals surface area (Å²) in [6, 6.07) is 0. The molecule has 0 heterocycles. The largest absolute Gasteiger partial charge is 0.394 e. The minimum absolute atomic E-state index is 0. The zero-order chi connectivity index (χ0) is 9.46. The number of anilines is 2. The summed E-state index contributed by atoms with van der Waals surface area (Å²) in [6.07, 6.45) is 0. The van der Waals surface area contributed by atoms with E-state index in [9.17, 15) is 17.6 Å². The highest BCUT2D eigenvalue weighted by Gasteiger charge is 2.21. The molecule has 0 aliphatic heterocycles. The van der Waals surface area contributed by atoms with Crippen molar-refractivity contribution in [2.24, 2.45) is 0 Å². The maximum Gasteiger partial charge on any atom is 0.187 e. The molecule has 0 aromatic heterocycles. The second-order valence-electron chi connectivity index (χ2n) is 2.08. The third-order valence-electron chi connectivity index (χ3n) is 1.33. The summed E-state index contributed by atoms with van der Waals surface area (Å²) in [7, 11) is 0. The molecule has 0 fully saturated rings. The van der Waals surface area contributed by atoms with Crippen LogP contribution in [0.25, 0.3) is 0 Å². The first-order valence-electron chi connectivity index (χ1n) is 2.83. The second kappa shape index (κ2) is 5.11. The van der Waals surface area contributed by atoms with Gasteiger partial charge in [-0.2, -0.15) is 0 Å². The van der Waals surface area contributed by atoms with E-state index in [4.69, 9.17) is 0 Å². The molecule has 14 heavy (non-hydrogen) atoms. The van der Waals surface area contributed by atoms with Crippen LogP contribution in [0, 0.1) is 23.3 Å². The number of rotatable bonds is 0. The van der Waals surface area contributed by atoms with Gasteiger partial charge in [-0.05, 0) is 0 Å². The van der Waals surface area contributed by atoms with E-state index in [1.807, 2.05) is 0 Å². The number of nitrogens with two attached hydrogens (primary N) is 2. The first-order valence-corrected chi connectivity index (χ1v) is 2.83. The van der Waals surface area contributed by atoms with Crippen LogP contribution in [0.4, 0.5) is 28.9 Å². The lowest BCUT2D eigenvalue weighted by Crippen LogP contribution is -2.07. The Morgan fingerprint density at radius 2 is 0.714 bits per heavy atom. The van der Waals surface area contributed by atoms with Gasteiger partial charge in [0.05, 0.1) is 0 Å². The van der Waals surface area contributed by atoms with Gasteiger partial charge >= 0.3 is 0 Å². The monoisotopic (exact) mass is 252 g/mol. The van der Waals surface area contributed by atoms with Crippen molar-refractivity contribution in [3.05, 3.63) is 23.3 Å². The van der Waals surface area contributed by atoms with Crippen LogP contribution in [-0.4, -0.2) is 0 Å². The number of hydrogen-bond donors (Lipinski definition) is 2. The Labute approximate surface area is 89.1 Å². The third kappa shape index (κ3) is 2.13. The quantitative estimate of drug-likeness (QED) is 0.423. The topological polar surface area (TPSA) is 52.0 Å². The third-order valence-corrected chi connectivity index (χ3v) is 1.33. The lowest BCUT2D eigenvalue weighted by atomic mass is 10.2. The molecule has 2 nitrogen and oxygen atoms in total. The highest BCUT2D eigenvalue weighted by Crippen LogP contribution is 2.26. The molecule has 0 aliphatic carbocycles. The molecule has 1 rings (SSSR count). The van der Waals surface area contributed by atoms with E-state index in [-0.39, 0.29) is 24.8 Å². The van der Waals surface area contributed by atoms with Crippen LogP contribution in [0.15, 0.2) is 0 Å². The van der Waals surface area contributed by atoms with E-state index in [1.165, 1.54) is 0 Å². The van der Waals surface area contributed by atoms with Crippen molar-refractivity contribution in [1.82, 2.24) is 0 Å². The fourth-order valence-electron chi connectivity index (χ4n) is 0.666. The van der Waals surface area contributed by atoms with Gasteiger partial charge in [0.1, 0.15) is 11.4 Å². The van der Waals surface area contributed by atoms with Gasteiger partial charge in [-0.3, -0.25) is 0 Å². The predicted molar refractivity (Wildman–Crippen MR) is 49.6 cm³/mol. The van der Waals surface area contributed by atoms with Crippen molar-refractivity contribution in [2.75, 3.05) is 11.5 Å². The molecule has 0 atom stereocenters. The Morgan fingerprint density at radius 1 is 0.571 bits per heavy atom. The van der Waals surface area contributed by atoms with Crippen molar-refractivity contribution in [3.8, 4) is 0 Å².